The van der Waals surface area contributed by atoms with Crippen molar-refractivity contribution in [1.82, 2.24) is 16.0 Å². The monoisotopic (exact) mass is 528 g/mol. The second-order valence-corrected chi connectivity index (χ2v) is 9.80. The van der Waals surface area contributed by atoms with E-state index in [1.54, 1.807) is 6.92 Å². The van der Waals surface area contributed by atoms with Crippen LogP contribution in [0.4, 0.5) is 0 Å². The maximum atomic E-state index is 13.2. The summed E-state index contributed by atoms with van der Waals surface area (Å²) in [6.45, 7) is 8.06. The second kappa shape index (κ2) is 18.3. The number of aliphatic imine (C=N–C) groups is 1. The molecule has 0 bridgehead atoms. The van der Waals surface area contributed by atoms with Crippen molar-refractivity contribution in [3.63, 3.8) is 0 Å². The Hall–Kier alpha value is -2.93. The van der Waals surface area contributed by atoms with Crippen LogP contribution >= 0.6 is 0 Å². The molecule has 214 valence electrons. The van der Waals surface area contributed by atoms with Crippen LogP contribution in [0.3, 0.4) is 0 Å². The van der Waals surface area contributed by atoms with Gasteiger partial charge < -0.3 is 44.0 Å². The fourth-order valence-corrected chi connectivity index (χ4v) is 3.60. The third-order valence-electron chi connectivity index (χ3n) is 6.00. The molecule has 0 saturated carbocycles. The Kier molecular flexibility index (Phi) is 16.9. The van der Waals surface area contributed by atoms with Gasteiger partial charge in [-0.1, -0.05) is 40.5 Å². The highest BCUT2D eigenvalue weighted by molar-refractivity contribution is 5.94. The third kappa shape index (κ3) is 14.4. The predicted molar refractivity (Wildman–Crippen MR) is 143 cm³/mol. The number of nitrogens with one attached hydrogen (secondary N) is 3. The van der Waals surface area contributed by atoms with Crippen LogP contribution in [0.5, 0.6) is 0 Å². The van der Waals surface area contributed by atoms with Gasteiger partial charge in [0.05, 0.1) is 6.04 Å². The van der Waals surface area contributed by atoms with Crippen LogP contribution in [0.2, 0.25) is 0 Å². The molecule has 13 heteroatoms. The van der Waals surface area contributed by atoms with Gasteiger partial charge in [0.25, 0.3) is 0 Å². The van der Waals surface area contributed by atoms with Crippen molar-refractivity contribution in [3.05, 3.63) is 0 Å². The van der Waals surface area contributed by atoms with Crippen LogP contribution < -0.4 is 38.9 Å². The molecule has 3 amide bonds. The van der Waals surface area contributed by atoms with Crippen molar-refractivity contribution < 1.29 is 24.3 Å². The van der Waals surface area contributed by atoms with Crippen LogP contribution in [-0.2, 0) is 19.2 Å². The highest BCUT2D eigenvalue weighted by Gasteiger charge is 2.32. The largest absolute Gasteiger partial charge is 0.480 e. The molecule has 0 aromatic carbocycles. The molecular weight excluding hydrogens is 480 g/mol. The van der Waals surface area contributed by atoms with Gasteiger partial charge in [0.1, 0.15) is 18.1 Å². The van der Waals surface area contributed by atoms with Gasteiger partial charge in [-0.05, 0) is 50.5 Å². The third-order valence-corrected chi connectivity index (χ3v) is 6.00. The minimum absolute atomic E-state index is 0.0560. The van der Waals surface area contributed by atoms with E-state index < -0.39 is 47.9 Å². The Morgan fingerprint density at radius 1 is 0.865 bits per heavy atom. The molecule has 0 heterocycles. The maximum absolute atomic E-state index is 13.2. The first-order valence-corrected chi connectivity index (χ1v) is 13.0. The van der Waals surface area contributed by atoms with Gasteiger partial charge in [-0.15, -0.1) is 0 Å². The zero-order valence-corrected chi connectivity index (χ0v) is 22.7. The number of aliphatic carboxylic acids is 1. The summed E-state index contributed by atoms with van der Waals surface area (Å²) in [5, 5.41) is 17.5. The number of rotatable bonds is 19. The standard InChI is InChI=1S/C24H48N8O5/c1-5-15(4)19(23(36)37)32-21(34)17(10-8-12-29-24(27)28)30-22(35)18(13-14(2)3)31-20(33)16(26)9-6-7-11-25/h14-19H,5-13,25-26H2,1-4H3,(H,30,35)(H,31,33)(H,32,34)(H,36,37)(H4,27,28,29). The number of carbonyl (C=O) groups is 4. The van der Waals surface area contributed by atoms with E-state index in [9.17, 15) is 24.3 Å². The van der Waals surface area contributed by atoms with Crippen molar-refractivity contribution in [3.8, 4) is 0 Å². The van der Waals surface area contributed by atoms with Gasteiger partial charge in [0, 0.05) is 6.54 Å². The lowest BCUT2D eigenvalue weighted by atomic mass is 9.98. The molecule has 12 N–H and O–H groups in total. The van der Waals surface area contributed by atoms with Crippen LogP contribution in [0.1, 0.15) is 72.6 Å². The van der Waals surface area contributed by atoms with Crippen LogP contribution in [0, 0.1) is 11.8 Å². The lowest BCUT2D eigenvalue weighted by molar-refractivity contribution is -0.144. The number of guanidine groups is 1. The first-order valence-electron chi connectivity index (χ1n) is 13.0. The SMILES string of the molecule is CCC(C)C(NC(=O)C(CCCN=C(N)N)NC(=O)C(CC(C)C)NC(=O)C(N)CCCCN)C(=O)O. The van der Waals surface area contributed by atoms with E-state index in [0.29, 0.717) is 38.6 Å². The number of hydrogen-bond donors (Lipinski definition) is 8. The minimum atomic E-state index is -1.16. The molecule has 0 rings (SSSR count). The Bertz CT molecular complexity index is 757. The fourth-order valence-electron chi connectivity index (χ4n) is 3.60. The first-order chi connectivity index (χ1) is 17.3. The zero-order valence-electron chi connectivity index (χ0n) is 22.7. The van der Waals surface area contributed by atoms with Crippen molar-refractivity contribution in [2.24, 2.45) is 39.8 Å². The van der Waals surface area contributed by atoms with Gasteiger partial charge in [-0.3, -0.25) is 19.4 Å². The first kappa shape index (κ1) is 34.1. The number of carboxylic acid groups (broad SMARTS) is 1. The van der Waals surface area contributed by atoms with Crippen molar-refractivity contribution in [2.45, 2.75) is 96.8 Å². The summed E-state index contributed by atoms with van der Waals surface area (Å²) in [4.78, 5) is 54.5. The molecule has 0 fully saturated rings. The molecule has 0 saturated heterocycles. The highest BCUT2D eigenvalue weighted by atomic mass is 16.4. The number of carbonyl (C=O) groups excluding carboxylic acids is 3. The molecule has 0 aliphatic heterocycles. The van der Waals surface area contributed by atoms with Crippen LogP contribution in [-0.4, -0.2) is 72.0 Å². The molecule has 5 atom stereocenters. The number of unbranched alkanes of at least 4 members (excludes halogenated alkanes) is 1. The molecular formula is C24H48N8O5. The average Bonchev–Trinajstić information content (AvgIpc) is 2.82. The van der Waals surface area contributed by atoms with Crippen molar-refractivity contribution >= 4 is 29.7 Å². The Morgan fingerprint density at radius 2 is 1.46 bits per heavy atom. The number of hydrogen-bond acceptors (Lipinski definition) is 7. The molecule has 0 aromatic rings. The molecule has 13 nitrogen and oxygen atoms in total. The summed E-state index contributed by atoms with van der Waals surface area (Å²) in [7, 11) is 0. The normalized spacial score (nSPS) is 15.1. The molecule has 0 aliphatic carbocycles. The Labute approximate surface area is 219 Å². The van der Waals surface area contributed by atoms with E-state index in [2.05, 4.69) is 20.9 Å². The molecule has 5 unspecified atom stereocenters. The van der Waals surface area contributed by atoms with Gasteiger partial charge in [-0.2, -0.15) is 0 Å². The maximum Gasteiger partial charge on any atom is 0.326 e. The number of carboxylic acids is 1. The Balaban J connectivity index is 5.62. The lowest BCUT2D eigenvalue weighted by Gasteiger charge is -2.27. The predicted octanol–water partition coefficient (Wildman–Crippen LogP) is -0.872. The summed E-state index contributed by atoms with van der Waals surface area (Å²) < 4.78 is 0. The molecule has 37 heavy (non-hydrogen) atoms. The van der Waals surface area contributed by atoms with E-state index in [1.165, 1.54) is 0 Å². The molecule has 0 aromatic heterocycles. The van der Waals surface area contributed by atoms with Gasteiger partial charge >= 0.3 is 5.97 Å². The summed E-state index contributed by atoms with van der Waals surface area (Å²) >= 11 is 0. The minimum Gasteiger partial charge on any atom is -0.480 e. The van der Waals surface area contributed by atoms with Crippen molar-refractivity contribution in [2.75, 3.05) is 13.1 Å². The summed E-state index contributed by atoms with van der Waals surface area (Å²) in [6.07, 6.45) is 3.22. The quantitative estimate of drug-likeness (QED) is 0.0589. The molecule has 0 aliphatic rings. The molecule has 0 radical (unpaired) electrons. The van der Waals surface area contributed by atoms with Crippen LogP contribution in [0.15, 0.2) is 4.99 Å². The Morgan fingerprint density at radius 3 is 1.97 bits per heavy atom. The van der Waals surface area contributed by atoms with E-state index in [1.807, 2.05) is 20.8 Å². The summed E-state index contributed by atoms with van der Waals surface area (Å²) in [5.41, 5.74) is 22.2. The lowest BCUT2D eigenvalue weighted by Crippen LogP contribution is -2.58. The molecule has 0 spiro atoms. The van der Waals surface area contributed by atoms with E-state index >= 15 is 0 Å². The topological polar surface area (TPSA) is 241 Å². The summed E-state index contributed by atoms with van der Waals surface area (Å²) in [6, 6.07) is -3.89. The summed E-state index contributed by atoms with van der Waals surface area (Å²) in [5.74, 6) is -3.20. The van der Waals surface area contributed by atoms with Crippen molar-refractivity contribution in [1.29, 1.82) is 0 Å². The van der Waals surface area contributed by atoms with Crippen LogP contribution in [0.25, 0.3) is 0 Å². The zero-order chi connectivity index (χ0) is 28.5. The van der Waals surface area contributed by atoms with E-state index in [4.69, 9.17) is 22.9 Å². The number of nitrogens with two attached hydrogens (primary N) is 4. The van der Waals surface area contributed by atoms with Gasteiger partial charge in [-0.25, -0.2) is 4.79 Å². The number of amides is 3. The average molecular weight is 529 g/mol. The second-order valence-electron chi connectivity index (χ2n) is 9.80. The van der Waals surface area contributed by atoms with E-state index in [0.717, 1.165) is 6.42 Å². The van der Waals surface area contributed by atoms with Gasteiger partial charge in [0.15, 0.2) is 5.96 Å². The number of nitrogens with zero attached hydrogens (tertiary/aromatic N) is 1. The fraction of sp³-hybridized carbons (Fsp3) is 0.792. The van der Waals surface area contributed by atoms with E-state index in [-0.39, 0.29) is 30.8 Å². The smallest absolute Gasteiger partial charge is 0.326 e. The highest BCUT2D eigenvalue weighted by Crippen LogP contribution is 2.11. The van der Waals surface area contributed by atoms with Gasteiger partial charge in [0.2, 0.25) is 17.7 Å².